The van der Waals surface area contributed by atoms with Crippen molar-refractivity contribution in [3.63, 3.8) is 0 Å². The first-order chi connectivity index (χ1) is 9.97. The Balaban J connectivity index is 2.15. The maximum absolute atomic E-state index is 12.9. The summed E-state index contributed by atoms with van der Waals surface area (Å²) >= 11 is 0. The van der Waals surface area contributed by atoms with Crippen LogP contribution in [0.15, 0.2) is 22.6 Å². The van der Waals surface area contributed by atoms with Gasteiger partial charge in [0.2, 0.25) is 0 Å². The van der Waals surface area contributed by atoms with Gasteiger partial charge in [0, 0.05) is 16.9 Å². The predicted octanol–water partition coefficient (Wildman–Crippen LogP) is 2.57. The molecule has 122 valence electrons. The van der Waals surface area contributed by atoms with Gasteiger partial charge >= 0.3 is 12.3 Å². The van der Waals surface area contributed by atoms with Crippen LogP contribution in [0.2, 0.25) is 0 Å². The van der Waals surface area contributed by atoms with Crippen LogP contribution < -0.4 is 0 Å². The van der Waals surface area contributed by atoms with E-state index in [1.807, 2.05) is 0 Å². The molecule has 1 amide bonds. The van der Waals surface area contributed by atoms with Crippen LogP contribution in [0.25, 0.3) is 0 Å². The van der Waals surface area contributed by atoms with Gasteiger partial charge in [0.25, 0.3) is 10.0 Å². The molecule has 0 saturated carbocycles. The number of ether oxygens (including phenoxy) is 1. The van der Waals surface area contributed by atoms with E-state index in [1.165, 1.54) is 0 Å². The first-order valence-electron chi connectivity index (χ1n) is 6.66. The lowest BCUT2D eigenvalue weighted by Crippen LogP contribution is -2.56. The second-order valence-corrected chi connectivity index (χ2v) is 8.01. The van der Waals surface area contributed by atoms with Crippen molar-refractivity contribution in [3.05, 3.63) is 22.6 Å². The number of halogens is 3. The number of amides is 1. The van der Waals surface area contributed by atoms with E-state index in [0.29, 0.717) is 4.31 Å². The average Bonchev–Trinajstić information content (AvgIpc) is 2.79. The van der Waals surface area contributed by atoms with Crippen LogP contribution in [0.1, 0.15) is 20.3 Å². The van der Waals surface area contributed by atoms with E-state index in [0.717, 1.165) is 12.2 Å². The molecule has 2 aliphatic heterocycles. The Morgan fingerprint density at radius 3 is 2.59 bits per heavy atom. The third-order valence-electron chi connectivity index (χ3n) is 4.61. The van der Waals surface area contributed by atoms with Gasteiger partial charge in [-0.1, -0.05) is 26.0 Å². The highest BCUT2D eigenvalue weighted by Crippen LogP contribution is 2.52. The van der Waals surface area contributed by atoms with Crippen LogP contribution in [0, 0.1) is 11.3 Å². The lowest BCUT2D eigenvalue weighted by Gasteiger charge is -2.47. The largest absolute Gasteiger partial charge is 0.446 e. The summed E-state index contributed by atoms with van der Waals surface area (Å²) in [4.78, 5) is 11.6. The van der Waals surface area contributed by atoms with E-state index in [1.54, 1.807) is 13.8 Å². The fourth-order valence-electron chi connectivity index (χ4n) is 3.26. The summed E-state index contributed by atoms with van der Waals surface area (Å²) in [7, 11) is -4.14. The number of allylic oxidation sites excluding steroid dienone is 4. The van der Waals surface area contributed by atoms with Gasteiger partial charge in [0.05, 0.1) is 10.9 Å². The highest BCUT2D eigenvalue weighted by molar-refractivity contribution is 7.93. The normalized spacial score (nSPS) is 32.6. The van der Waals surface area contributed by atoms with E-state index in [9.17, 15) is 26.4 Å². The van der Waals surface area contributed by atoms with Crippen LogP contribution in [0.5, 0.6) is 0 Å². The molecule has 0 aromatic rings. The Hall–Kier alpha value is -1.51. The molecule has 5 nitrogen and oxygen atoms in total. The zero-order chi connectivity index (χ0) is 16.5. The molecule has 2 atom stereocenters. The number of carbonyl (C=O) groups excluding carboxylic acids is 1. The highest BCUT2D eigenvalue weighted by Gasteiger charge is 2.60. The highest BCUT2D eigenvalue weighted by atomic mass is 32.2. The Bertz CT molecular complexity index is 705. The van der Waals surface area contributed by atoms with Gasteiger partial charge in [0.15, 0.2) is 0 Å². The van der Waals surface area contributed by atoms with Crippen LogP contribution >= 0.6 is 0 Å². The first kappa shape index (κ1) is 15.4. The van der Waals surface area contributed by atoms with Crippen molar-refractivity contribution in [1.82, 2.24) is 4.31 Å². The third-order valence-corrected chi connectivity index (χ3v) is 6.54. The molecule has 3 aliphatic rings. The van der Waals surface area contributed by atoms with Gasteiger partial charge in [-0.2, -0.15) is 17.5 Å². The number of carbonyl (C=O) groups is 1. The molecule has 1 aliphatic carbocycles. The number of hydrogen-bond acceptors (Lipinski definition) is 4. The molecule has 0 radical (unpaired) electrons. The monoisotopic (exact) mass is 337 g/mol. The number of hydrogen-bond donors (Lipinski definition) is 0. The quantitative estimate of drug-likeness (QED) is 0.637. The average molecular weight is 337 g/mol. The lowest BCUT2D eigenvalue weighted by atomic mass is 9.70. The Kier molecular flexibility index (Phi) is 2.99. The molecule has 0 unspecified atom stereocenters. The molecule has 3 rings (SSSR count). The maximum atomic E-state index is 12.9. The molecule has 0 bridgehead atoms. The van der Waals surface area contributed by atoms with Gasteiger partial charge in [-0.25, -0.2) is 13.2 Å². The van der Waals surface area contributed by atoms with Crippen molar-refractivity contribution in [2.24, 2.45) is 11.3 Å². The predicted molar refractivity (Wildman–Crippen MR) is 70.0 cm³/mol. The van der Waals surface area contributed by atoms with Crippen molar-refractivity contribution >= 4 is 16.1 Å². The van der Waals surface area contributed by atoms with Crippen LogP contribution in [0.3, 0.4) is 0 Å². The second-order valence-electron chi connectivity index (χ2n) is 6.19. The Morgan fingerprint density at radius 2 is 2.00 bits per heavy atom. The summed E-state index contributed by atoms with van der Waals surface area (Å²) in [6.07, 6.45) is -3.94. The van der Waals surface area contributed by atoms with E-state index in [4.69, 9.17) is 4.74 Å². The third kappa shape index (κ3) is 1.90. The fourth-order valence-corrected chi connectivity index (χ4v) is 5.39. The zero-order valence-electron chi connectivity index (χ0n) is 11.8. The summed E-state index contributed by atoms with van der Waals surface area (Å²) in [5.74, 6) is -0.932. The summed E-state index contributed by atoms with van der Waals surface area (Å²) in [5.41, 5.74) is -1.65. The molecule has 0 aromatic heterocycles. The minimum absolute atomic E-state index is 0.149. The van der Waals surface area contributed by atoms with Crippen molar-refractivity contribution < 1.29 is 31.1 Å². The molecule has 0 spiro atoms. The number of cyclic esters (lactones) is 1. The number of nitrogens with zero attached hydrogens (tertiary/aromatic N) is 1. The number of rotatable bonds is 0. The molecular formula is C13H14F3NO4S. The van der Waals surface area contributed by atoms with Crippen molar-refractivity contribution in [2.45, 2.75) is 32.5 Å². The Morgan fingerprint density at radius 1 is 1.36 bits per heavy atom. The zero-order valence-corrected chi connectivity index (χ0v) is 12.7. The first-order valence-corrected chi connectivity index (χ1v) is 8.10. The molecule has 2 heterocycles. The van der Waals surface area contributed by atoms with Gasteiger partial charge in [0.1, 0.15) is 6.61 Å². The van der Waals surface area contributed by atoms with Crippen LogP contribution in [-0.2, 0) is 14.8 Å². The fraction of sp³-hybridized carbons (Fsp3) is 0.615. The van der Waals surface area contributed by atoms with E-state index < -0.39 is 51.7 Å². The van der Waals surface area contributed by atoms with Crippen molar-refractivity contribution in [1.29, 1.82) is 0 Å². The summed E-state index contributed by atoms with van der Waals surface area (Å²) in [6.45, 7) is 3.15. The van der Waals surface area contributed by atoms with Crippen molar-refractivity contribution in [3.8, 4) is 0 Å². The van der Waals surface area contributed by atoms with E-state index >= 15 is 0 Å². The van der Waals surface area contributed by atoms with Gasteiger partial charge in [-0.15, -0.1) is 0 Å². The molecule has 9 heteroatoms. The summed E-state index contributed by atoms with van der Waals surface area (Å²) < 4.78 is 69.4. The molecular weight excluding hydrogens is 323 g/mol. The molecule has 22 heavy (non-hydrogen) atoms. The SMILES string of the molecule is CC1(C)[C@@H]2COC(=O)N2S(=O)(=O)C2=CCC(C(F)(F)F)=C[C@@H]21. The topological polar surface area (TPSA) is 63.7 Å². The standard InChI is InChI=1S/C13H14F3NO4S/c1-12(2)8-5-7(13(14,15)16)3-4-9(8)22(19,20)17-10(12)6-21-11(17)18/h4-5,8,10H,3,6H2,1-2H3/t8-,10-/m0/s1. The van der Waals surface area contributed by atoms with Crippen LogP contribution in [-0.4, -0.2) is 37.6 Å². The molecule has 0 N–H and O–H groups in total. The second kappa shape index (κ2) is 4.27. The number of alkyl halides is 3. The summed E-state index contributed by atoms with van der Waals surface area (Å²) in [5, 5.41) is 0. The van der Waals surface area contributed by atoms with Gasteiger partial charge in [-0.05, 0) is 6.42 Å². The number of fused-ring (bicyclic) bond motifs is 2. The smallest absolute Gasteiger partial charge is 0.424 e. The van der Waals surface area contributed by atoms with E-state index in [2.05, 4.69) is 0 Å². The minimum Gasteiger partial charge on any atom is -0.446 e. The van der Waals surface area contributed by atoms with Gasteiger partial charge < -0.3 is 4.74 Å². The Labute approximate surface area is 125 Å². The molecule has 2 fully saturated rings. The van der Waals surface area contributed by atoms with E-state index in [-0.39, 0.29) is 11.5 Å². The maximum Gasteiger partial charge on any atom is 0.424 e. The van der Waals surface area contributed by atoms with Gasteiger partial charge in [-0.3, -0.25) is 0 Å². The van der Waals surface area contributed by atoms with Crippen molar-refractivity contribution in [2.75, 3.05) is 6.61 Å². The molecule has 0 aromatic carbocycles. The summed E-state index contributed by atoms with van der Waals surface area (Å²) in [6, 6.07) is -0.809. The number of sulfonamides is 1. The molecule has 2 saturated heterocycles. The minimum atomic E-state index is -4.50. The lowest BCUT2D eigenvalue weighted by molar-refractivity contribution is -0.0940. The van der Waals surface area contributed by atoms with Crippen LogP contribution in [0.4, 0.5) is 18.0 Å².